The van der Waals surface area contributed by atoms with Gasteiger partial charge in [-0.25, -0.2) is 4.79 Å². The predicted molar refractivity (Wildman–Crippen MR) is 75.4 cm³/mol. The number of halogens is 3. The maximum absolute atomic E-state index is 10.6. The maximum Gasteiger partial charge on any atom is 0.490 e. The van der Waals surface area contributed by atoms with Crippen molar-refractivity contribution in [2.45, 2.75) is 56.5 Å². The van der Waals surface area contributed by atoms with Gasteiger partial charge in [-0.2, -0.15) is 17.5 Å². The molecular weight excluding hydrogens is 319 g/mol. The largest absolute Gasteiger partial charge is 0.490 e. The first-order chi connectivity index (χ1) is 10.3. The van der Waals surface area contributed by atoms with Crippen molar-refractivity contribution < 1.29 is 23.1 Å². The second kappa shape index (κ2) is 6.93. The number of carboxylic acids is 1. The van der Waals surface area contributed by atoms with Gasteiger partial charge in [-0.15, -0.1) is 0 Å². The number of nitrogens with zero attached hydrogens (tertiary/aromatic N) is 2. The Kier molecular flexibility index (Phi) is 5.41. The third-order valence-electron chi connectivity index (χ3n) is 4.00. The molecule has 2 saturated heterocycles. The van der Waals surface area contributed by atoms with E-state index >= 15 is 0 Å². The molecule has 0 radical (unpaired) electrons. The fourth-order valence-electron chi connectivity index (χ4n) is 3.08. The number of aromatic nitrogens is 1. The normalized spacial score (nSPS) is 28.1. The first kappa shape index (κ1) is 17.2. The molecule has 0 aromatic carbocycles. The van der Waals surface area contributed by atoms with Gasteiger partial charge in [0.1, 0.15) is 0 Å². The topological polar surface area (TPSA) is 79.5 Å². The third kappa shape index (κ3) is 4.40. The van der Waals surface area contributed by atoms with Crippen LogP contribution in [0.2, 0.25) is 0 Å². The van der Waals surface area contributed by atoms with Crippen LogP contribution in [0, 0.1) is 0 Å². The number of carboxylic acid groups (broad SMARTS) is 1. The molecule has 2 aliphatic heterocycles. The van der Waals surface area contributed by atoms with Crippen molar-refractivity contribution in [2.24, 2.45) is 5.73 Å². The predicted octanol–water partition coefficient (Wildman–Crippen LogP) is 2.23. The lowest BCUT2D eigenvalue weighted by atomic mass is 9.98. The molecule has 0 spiro atoms. The van der Waals surface area contributed by atoms with E-state index in [2.05, 4.69) is 20.7 Å². The van der Waals surface area contributed by atoms with E-state index in [1.165, 1.54) is 31.4 Å². The smallest absolute Gasteiger partial charge is 0.475 e. The first-order valence-corrected chi connectivity index (χ1v) is 7.81. The van der Waals surface area contributed by atoms with Crippen LogP contribution in [-0.4, -0.2) is 44.7 Å². The maximum atomic E-state index is 10.6. The number of nitrogens with two attached hydrogens (primary N) is 1. The average molecular weight is 337 g/mol. The summed E-state index contributed by atoms with van der Waals surface area (Å²) in [5, 5.41) is 9.19. The highest BCUT2D eigenvalue weighted by Crippen LogP contribution is 2.35. The molecule has 0 amide bonds. The number of piperidine rings is 1. The Morgan fingerprint density at radius 2 is 1.95 bits per heavy atom. The van der Waals surface area contributed by atoms with Crippen molar-refractivity contribution in [1.82, 2.24) is 9.27 Å². The van der Waals surface area contributed by atoms with E-state index in [0.29, 0.717) is 6.04 Å². The molecule has 0 saturated carbocycles. The summed E-state index contributed by atoms with van der Waals surface area (Å²) in [5.41, 5.74) is 7.28. The van der Waals surface area contributed by atoms with Gasteiger partial charge in [0, 0.05) is 30.1 Å². The number of carbonyl (C=O) groups is 1. The van der Waals surface area contributed by atoms with Gasteiger partial charge in [-0.1, -0.05) is 0 Å². The van der Waals surface area contributed by atoms with Crippen molar-refractivity contribution in [3.8, 4) is 0 Å². The van der Waals surface area contributed by atoms with Crippen molar-refractivity contribution in [3.05, 3.63) is 17.1 Å². The highest BCUT2D eigenvalue weighted by Gasteiger charge is 2.39. The summed E-state index contributed by atoms with van der Waals surface area (Å²) in [6.07, 6.45) is -0.0493. The summed E-state index contributed by atoms with van der Waals surface area (Å²) in [6.45, 7) is 1.03. The van der Waals surface area contributed by atoms with Gasteiger partial charge in [0.25, 0.3) is 0 Å². The van der Waals surface area contributed by atoms with E-state index in [9.17, 15) is 13.2 Å². The minimum atomic E-state index is -5.08. The fourth-order valence-corrected chi connectivity index (χ4v) is 3.61. The summed E-state index contributed by atoms with van der Waals surface area (Å²) in [5.74, 6) is -2.76. The van der Waals surface area contributed by atoms with Crippen LogP contribution >= 0.6 is 11.5 Å². The van der Waals surface area contributed by atoms with Crippen LogP contribution in [0.15, 0.2) is 11.4 Å². The number of rotatable bonds is 2. The standard InChI is InChI=1S/C11H17N3S.C2HF3O2/c12-8-5-10-1-2-11(6-8)14(10)7-9-3-4-15-13-9;3-2(4,5)1(6)7/h3-4,8,10-11H,1-2,5-7,12H2;(H,6,7)/t8?,10-,11+;. The number of fused-ring (bicyclic) bond motifs is 2. The summed E-state index contributed by atoms with van der Waals surface area (Å²) in [6, 6.07) is 4.02. The summed E-state index contributed by atoms with van der Waals surface area (Å²) in [4.78, 5) is 11.5. The minimum absolute atomic E-state index is 0.439. The quantitative estimate of drug-likeness (QED) is 0.865. The molecule has 124 valence electrons. The molecule has 3 rings (SSSR count). The van der Waals surface area contributed by atoms with E-state index in [1.54, 1.807) is 11.5 Å². The SMILES string of the molecule is NC1C[C@H]2CC[C@@H](C1)N2Cc1ccsn1.O=C(O)C(F)(F)F. The Hall–Kier alpha value is -1.19. The van der Waals surface area contributed by atoms with Crippen LogP contribution in [0.25, 0.3) is 0 Å². The summed E-state index contributed by atoms with van der Waals surface area (Å²) < 4.78 is 36.1. The van der Waals surface area contributed by atoms with Gasteiger partial charge in [0.15, 0.2) is 0 Å². The Bertz CT molecular complexity index is 481. The lowest BCUT2D eigenvalue weighted by molar-refractivity contribution is -0.192. The lowest BCUT2D eigenvalue weighted by Gasteiger charge is -2.37. The molecule has 1 aromatic rings. The van der Waals surface area contributed by atoms with E-state index in [1.807, 2.05) is 0 Å². The van der Waals surface area contributed by atoms with E-state index in [0.717, 1.165) is 18.6 Å². The van der Waals surface area contributed by atoms with Gasteiger partial charge in [-0.3, -0.25) is 4.90 Å². The van der Waals surface area contributed by atoms with E-state index < -0.39 is 12.1 Å². The highest BCUT2D eigenvalue weighted by molar-refractivity contribution is 7.03. The highest BCUT2D eigenvalue weighted by atomic mass is 32.1. The average Bonchev–Trinajstić information content (AvgIpc) is 2.98. The lowest BCUT2D eigenvalue weighted by Crippen LogP contribution is -2.46. The molecular formula is C13H18F3N3O2S. The van der Waals surface area contributed by atoms with Crippen LogP contribution in [-0.2, 0) is 11.3 Å². The van der Waals surface area contributed by atoms with Gasteiger partial charge >= 0.3 is 12.1 Å². The molecule has 3 N–H and O–H groups in total. The number of hydrogen-bond acceptors (Lipinski definition) is 5. The molecule has 5 nitrogen and oxygen atoms in total. The summed E-state index contributed by atoms with van der Waals surface area (Å²) >= 11 is 1.55. The van der Waals surface area contributed by atoms with Gasteiger partial charge in [0.2, 0.25) is 0 Å². The Morgan fingerprint density at radius 3 is 2.36 bits per heavy atom. The molecule has 9 heteroatoms. The van der Waals surface area contributed by atoms with Crippen LogP contribution in [0.5, 0.6) is 0 Å². The Morgan fingerprint density at radius 1 is 1.41 bits per heavy atom. The van der Waals surface area contributed by atoms with Gasteiger partial charge in [0.05, 0.1) is 5.69 Å². The van der Waals surface area contributed by atoms with Crippen LogP contribution < -0.4 is 5.73 Å². The number of hydrogen-bond donors (Lipinski definition) is 2. The van der Waals surface area contributed by atoms with Crippen LogP contribution in [0.4, 0.5) is 13.2 Å². The van der Waals surface area contributed by atoms with Crippen molar-refractivity contribution in [1.29, 1.82) is 0 Å². The first-order valence-electron chi connectivity index (χ1n) is 6.98. The molecule has 22 heavy (non-hydrogen) atoms. The fraction of sp³-hybridized carbons (Fsp3) is 0.692. The van der Waals surface area contributed by atoms with Crippen molar-refractivity contribution in [2.75, 3.05) is 0 Å². The van der Waals surface area contributed by atoms with E-state index in [4.69, 9.17) is 15.6 Å². The third-order valence-corrected chi connectivity index (χ3v) is 4.60. The number of aliphatic carboxylic acids is 1. The number of alkyl halides is 3. The van der Waals surface area contributed by atoms with Crippen molar-refractivity contribution >= 4 is 17.5 Å². The van der Waals surface area contributed by atoms with Gasteiger partial charge < -0.3 is 10.8 Å². The van der Waals surface area contributed by atoms with Crippen LogP contribution in [0.3, 0.4) is 0 Å². The minimum Gasteiger partial charge on any atom is -0.475 e. The molecule has 2 fully saturated rings. The molecule has 1 aromatic heterocycles. The zero-order chi connectivity index (χ0) is 16.3. The zero-order valence-electron chi connectivity index (χ0n) is 11.8. The molecule has 2 aliphatic rings. The van der Waals surface area contributed by atoms with Crippen molar-refractivity contribution in [3.63, 3.8) is 0 Å². The monoisotopic (exact) mass is 337 g/mol. The zero-order valence-corrected chi connectivity index (χ0v) is 12.6. The van der Waals surface area contributed by atoms with E-state index in [-0.39, 0.29) is 0 Å². The Balaban J connectivity index is 0.000000217. The molecule has 1 unspecified atom stereocenters. The second-order valence-corrected chi connectivity index (χ2v) is 6.25. The summed E-state index contributed by atoms with van der Waals surface area (Å²) in [7, 11) is 0. The second-order valence-electron chi connectivity index (χ2n) is 5.58. The molecule has 3 atom stereocenters. The molecule has 3 heterocycles. The molecule has 0 aliphatic carbocycles. The Labute approximate surface area is 130 Å². The van der Waals surface area contributed by atoms with Gasteiger partial charge in [-0.05, 0) is 43.3 Å². The van der Waals surface area contributed by atoms with Crippen LogP contribution in [0.1, 0.15) is 31.4 Å². The molecule has 2 bridgehead atoms.